The van der Waals surface area contributed by atoms with E-state index in [9.17, 15) is 15.2 Å². The number of phenols is 1. The zero-order valence-corrected chi connectivity index (χ0v) is 9.61. The lowest BCUT2D eigenvalue weighted by Crippen LogP contribution is -2.11. The first-order chi connectivity index (χ1) is 8.61. The Bertz CT molecular complexity index is 543. The molecule has 0 fully saturated rings. The third kappa shape index (κ3) is 3.12. The summed E-state index contributed by atoms with van der Waals surface area (Å²) < 4.78 is 0. The Morgan fingerprint density at radius 2 is 1.94 bits per heavy atom. The van der Waals surface area contributed by atoms with Crippen LogP contribution in [0.15, 0.2) is 30.5 Å². The maximum atomic E-state index is 10.6. The van der Waals surface area contributed by atoms with Gasteiger partial charge in [-0.3, -0.25) is 15.1 Å². The molecule has 0 amide bonds. The number of nitro groups is 1. The van der Waals surface area contributed by atoms with Gasteiger partial charge in [-0.15, -0.1) is 0 Å². The van der Waals surface area contributed by atoms with Crippen LogP contribution in [0.4, 0.5) is 5.69 Å². The predicted octanol–water partition coefficient (Wildman–Crippen LogP) is 0.752. The van der Waals surface area contributed by atoms with Gasteiger partial charge in [0.15, 0.2) is 0 Å². The lowest BCUT2D eigenvalue weighted by Gasteiger charge is -1.99. The van der Waals surface area contributed by atoms with E-state index in [1.807, 2.05) is 0 Å². The van der Waals surface area contributed by atoms with Crippen LogP contribution in [-0.4, -0.2) is 28.1 Å². The fraction of sp³-hybridized carbons (Fsp3) is 0.182. The van der Waals surface area contributed by atoms with E-state index in [0.29, 0.717) is 18.5 Å². The van der Waals surface area contributed by atoms with Crippen LogP contribution < -0.4 is 11.5 Å². The standard InChI is InChI=1S/C9H6N2O3.C2H8N2/c12-8-4-3-7(11(13)14)6-2-1-5-10-9(6)8;3-1-2-4/h1-5,12H;1-4H2. The Balaban J connectivity index is 0.000000357. The van der Waals surface area contributed by atoms with Crippen molar-refractivity contribution in [1.29, 1.82) is 0 Å². The van der Waals surface area contributed by atoms with Gasteiger partial charge in [-0.1, -0.05) is 0 Å². The van der Waals surface area contributed by atoms with Crippen LogP contribution >= 0.6 is 0 Å². The molecule has 7 nitrogen and oxygen atoms in total. The molecule has 5 N–H and O–H groups in total. The zero-order chi connectivity index (χ0) is 13.5. The number of nitrogens with zero attached hydrogens (tertiary/aromatic N) is 2. The van der Waals surface area contributed by atoms with Crippen LogP contribution in [0.1, 0.15) is 0 Å². The van der Waals surface area contributed by atoms with E-state index in [2.05, 4.69) is 4.98 Å². The van der Waals surface area contributed by atoms with Gasteiger partial charge in [-0.2, -0.15) is 0 Å². The number of non-ortho nitro benzene ring substituents is 1. The maximum absolute atomic E-state index is 10.6. The lowest BCUT2D eigenvalue weighted by atomic mass is 10.2. The van der Waals surface area contributed by atoms with Crippen LogP contribution in [0.2, 0.25) is 0 Å². The number of phenolic OH excluding ortho intramolecular Hbond substituents is 1. The minimum atomic E-state index is -0.497. The van der Waals surface area contributed by atoms with Crippen LogP contribution in [0, 0.1) is 10.1 Å². The second kappa shape index (κ2) is 6.48. The van der Waals surface area contributed by atoms with Gasteiger partial charge in [0.2, 0.25) is 0 Å². The fourth-order valence-electron chi connectivity index (χ4n) is 1.30. The fourth-order valence-corrected chi connectivity index (χ4v) is 1.30. The summed E-state index contributed by atoms with van der Waals surface area (Å²) in [5.74, 6) is -0.0498. The molecular formula is C11H14N4O3. The van der Waals surface area contributed by atoms with Crippen molar-refractivity contribution in [3.8, 4) is 5.75 Å². The Morgan fingerprint density at radius 3 is 2.50 bits per heavy atom. The molecule has 0 aliphatic carbocycles. The Labute approximate surface area is 103 Å². The molecule has 0 aliphatic heterocycles. The largest absolute Gasteiger partial charge is 0.506 e. The highest BCUT2D eigenvalue weighted by atomic mass is 16.6. The molecule has 0 saturated carbocycles. The number of aromatic hydroxyl groups is 1. The third-order valence-corrected chi connectivity index (χ3v) is 2.09. The average Bonchev–Trinajstić information content (AvgIpc) is 2.39. The summed E-state index contributed by atoms with van der Waals surface area (Å²) >= 11 is 0. The third-order valence-electron chi connectivity index (χ3n) is 2.09. The van der Waals surface area contributed by atoms with Crippen LogP contribution in [0.3, 0.4) is 0 Å². The SMILES string of the molecule is NCCN.O=[N+]([O-])c1ccc(O)c2ncccc12. The lowest BCUT2D eigenvalue weighted by molar-refractivity contribution is -0.383. The molecule has 1 aromatic carbocycles. The average molecular weight is 250 g/mol. The molecule has 7 heteroatoms. The summed E-state index contributed by atoms with van der Waals surface area (Å²) in [6, 6.07) is 5.68. The molecule has 0 spiro atoms. The maximum Gasteiger partial charge on any atom is 0.279 e. The molecule has 18 heavy (non-hydrogen) atoms. The number of hydrogen-bond donors (Lipinski definition) is 3. The summed E-state index contributed by atoms with van der Waals surface area (Å²) in [7, 11) is 0. The normalized spacial score (nSPS) is 9.67. The number of benzene rings is 1. The van der Waals surface area contributed by atoms with Crippen molar-refractivity contribution in [1.82, 2.24) is 4.98 Å². The van der Waals surface area contributed by atoms with Crippen molar-refractivity contribution in [2.24, 2.45) is 11.5 Å². The van der Waals surface area contributed by atoms with E-state index in [-0.39, 0.29) is 17.0 Å². The second-order valence-electron chi connectivity index (χ2n) is 3.34. The van der Waals surface area contributed by atoms with Crippen molar-refractivity contribution in [2.45, 2.75) is 0 Å². The molecule has 1 heterocycles. The Kier molecular flexibility index (Phi) is 4.97. The first kappa shape index (κ1) is 13.8. The van der Waals surface area contributed by atoms with Gasteiger partial charge < -0.3 is 16.6 Å². The highest BCUT2D eigenvalue weighted by Crippen LogP contribution is 2.29. The van der Waals surface area contributed by atoms with Crippen molar-refractivity contribution < 1.29 is 10.0 Å². The van der Waals surface area contributed by atoms with E-state index >= 15 is 0 Å². The van der Waals surface area contributed by atoms with Crippen molar-refractivity contribution in [3.05, 3.63) is 40.6 Å². The van der Waals surface area contributed by atoms with E-state index in [0.717, 1.165) is 0 Å². The van der Waals surface area contributed by atoms with Gasteiger partial charge in [0.1, 0.15) is 11.3 Å². The van der Waals surface area contributed by atoms with E-state index in [1.54, 1.807) is 12.1 Å². The number of hydrogen-bond acceptors (Lipinski definition) is 6. The highest BCUT2D eigenvalue weighted by Gasteiger charge is 2.13. The zero-order valence-electron chi connectivity index (χ0n) is 9.61. The Hall–Kier alpha value is -2.25. The van der Waals surface area contributed by atoms with E-state index in [1.165, 1.54) is 18.3 Å². The van der Waals surface area contributed by atoms with E-state index < -0.39 is 4.92 Å². The molecule has 2 aromatic rings. The van der Waals surface area contributed by atoms with Crippen molar-refractivity contribution in [3.63, 3.8) is 0 Å². The highest BCUT2D eigenvalue weighted by molar-refractivity contribution is 5.91. The summed E-state index contributed by atoms with van der Waals surface area (Å²) in [5, 5.41) is 20.4. The molecule has 1 aromatic heterocycles. The van der Waals surface area contributed by atoms with Crippen molar-refractivity contribution >= 4 is 16.6 Å². The summed E-state index contributed by atoms with van der Waals surface area (Å²) in [6.07, 6.45) is 1.48. The molecule has 0 saturated heterocycles. The molecule has 2 rings (SSSR count). The summed E-state index contributed by atoms with van der Waals surface area (Å²) in [4.78, 5) is 14.0. The molecule has 0 atom stereocenters. The van der Waals surface area contributed by atoms with Crippen LogP contribution in [-0.2, 0) is 0 Å². The van der Waals surface area contributed by atoms with Gasteiger partial charge in [0.25, 0.3) is 5.69 Å². The summed E-state index contributed by atoms with van der Waals surface area (Å²) in [6.45, 7) is 1.19. The second-order valence-corrected chi connectivity index (χ2v) is 3.34. The number of aromatic nitrogens is 1. The minimum Gasteiger partial charge on any atom is -0.506 e. The quantitative estimate of drug-likeness (QED) is 0.533. The summed E-state index contributed by atoms with van der Waals surface area (Å²) in [5.41, 5.74) is 10.0. The molecule has 96 valence electrons. The topological polar surface area (TPSA) is 128 Å². The number of pyridine rings is 1. The molecule has 0 radical (unpaired) electrons. The van der Waals surface area contributed by atoms with Crippen LogP contribution in [0.25, 0.3) is 10.9 Å². The Morgan fingerprint density at radius 1 is 1.28 bits per heavy atom. The molecule has 0 aliphatic rings. The van der Waals surface area contributed by atoms with Gasteiger partial charge in [0.05, 0.1) is 10.3 Å². The smallest absolute Gasteiger partial charge is 0.279 e. The number of fused-ring (bicyclic) bond motifs is 1. The predicted molar refractivity (Wildman–Crippen MR) is 68.2 cm³/mol. The monoisotopic (exact) mass is 250 g/mol. The van der Waals surface area contributed by atoms with E-state index in [4.69, 9.17) is 11.5 Å². The first-order valence-corrected chi connectivity index (χ1v) is 5.23. The minimum absolute atomic E-state index is 0.0498. The van der Waals surface area contributed by atoms with Crippen LogP contribution in [0.5, 0.6) is 5.75 Å². The van der Waals surface area contributed by atoms with Gasteiger partial charge >= 0.3 is 0 Å². The number of nitro benzene ring substituents is 1. The van der Waals surface area contributed by atoms with Gasteiger partial charge in [0, 0.05) is 25.4 Å². The van der Waals surface area contributed by atoms with Gasteiger partial charge in [-0.25, -0.2) is 0 Å². The molecule has 0 unspecified atom stereocenters. The van der Waals surface area contributed by atoms with Gasteiger partial charge in [-0.05, 0) is 18.2 Å². The molecule has 0 bridgehead atoms. The number of nitrogens with two attached hydrogens (primary N) is 2. The van der Waals surface area contributed by atoms with Crippen molar-refractivity contribution in [2.75, 3.05) is 13.1 Å². The first-order valence-electron chi connectivity index (χ1n) is 5.23. The molecular weight excluding hydrogens is 236 g/mol. The number of rotatable bonds is 2.